The Morgan fingerprint density at radius 3 is 2.37 bits per heavy atom. The Hall–Kier alpha value is -1.09. The Morgan fingerprint density at radius 1 is 1.11 bits per heavy atom. The van der Waals surface area contributed by atoms with Gasteiger partial charge in [0.05, 0.1) is 0 Å². The summed E-state index contributed by atoms with van der Waals surface area (Å²) in [6.45, 7) is 0. The van der Waals surface area contributed by atoms with E-state index in [1.807, 2.05) is 31.3 Å². The van der Waals surface area contributed by atoms with Crippen LogP contribution in [0.1, 0.15) is 17.2 Å². The Bertz CT molecular complexity index is 534. The van der Waals surface area contributed by atoms with Crippen molar-refractivity contribution in [3.05, 3.63) is 69.5 Å². The molecular formula is C15H14Cl2FN. The van der Waals surface area contributed by atoms with Gasteiger partial charge in [0.25, 0.3) is 0 Å². The van der Waals surface area contributed by atoms with E-state index in [1.165, 1.54) is 6.07 Å². The quantitative estimate of drug-likeness (QED) is 0.867. The number of likely N-dealkylation sites (N-methyl/N-ethyl adjacent to an activating group) is 1. The van der Waals surface area contributed by atoms with Gasteiger partial charge in [0.1, 0.15) is 5.82 Å². The van der Waals surface area contributed by atoms with Gasteiger partial charge >= 0.3 is 0 Å². The molecule has 2 aromatic rings. The van der Waals surface area contributed by atoms with E-state index >= 15 is 0 Å². The molecule has 0 aliphatic carbocycles. The molecule has 0 aliphatic rings. The monoisotopic (exact) mass is 297 g/mol. The standard InChI is InChI=1S/C15H14Cl2FN/c1-19-15(10-5-7-11(16)8-6-10)9-12-13(17)3-2-4-14(12)18/h2-8,15,19H,9H2,1H3. The minimum absolute atomic E-state index is 0.00772. The number of rotatable bonds is 4. The third kappa shape index (κ3) is 3.47. The van der Waals surface area contributed by atoms with Gasteiger partial charge in [-0.15, -0.1) is 0 Å². The summed E-state index contributed by atoms with van der Waals surface area (Å²) >= 11 is 11.9. The van der Waals surface area contributed by atoms with Crippen molar-refractivity contribution in [3.8, 4) is 0 Å². The summed E-state index contributed by atoms with van der Waals surface area (Å²) in [4.78, 5) is 0. The van der Waals surface area contributed by atoms with Crippen LogP contribution in [0.25, 0.3) is 0 Å². The molecule has 0 fully saturated rings. The Labute approximate surface area is 122 Å². The molecule has 0 amide bonds. The minimum atomic E-state index is -0.276. The molecule has 0 saturated carbocycles. The lowest BCUT2D eigenvalue weighted by Crippen LogP contribution is -2.19. The van der Waals surface area contributed by atoms with Crippen molar-refractivity contribution in [2.45, 2.75) is 12.5 Å². The molecule has 100 valence electrons. The summed E-state index contributed by atoms with van der Waals surface area (Å²) in [5, 5.41) is 4.31. The fourth-order valence-corrected chi connectivity index (χ4v) is 2.38. The number of benzene rings is 2. The van der Waals surface area contributed by atoms with Crippen LogP contribution in [-0.2, 0) is 6.42 Å². The second-order valence-electron chi connectivity index (χ2n) is 4.30. The molecule has 19 heavy (non-hydrogen) atoms. The molecule has 1 atom stereocenters. The number of hydrogen-bond acceptors (Lipinski definition) is 1. The van der Waals surface area contributed by atoms with Gasteiger partial charge < -0.3 is 5.32 Å². The van der Waals surface area contributed by atoms with Gasteiger partial charge in [-0.1, -0.05) is 41.4 Å². The van der Waals surface area contributed by atoms with E-state index in [9.17, 15) is 4.39 Å². The average molecular weight is 298 g/mol. The van der Waals surface area contributed by atoms with E-state index in [2.05, 4.69) is 5.32 Å². The second-order valence-corrected chi connectivity index (χ2v) is 5.14. The summed E-state index contributed by atoms with van der Waals surface area (Å²) in [6, 6.07) is 12.2. The van der Waals surface area contributed by atoms with Crippen molar-refractivity contribution in [1.29, 1.82) is 0 Å². The topological polar surface area (TPSA) is 12.0 Å². The second kappa shape index (κ2) is 6.38. The van der Waals surface area contributed by atoms with Crippen LogP contribution in [0, 0.1) is 5.82 Å². The van der Waals surface area contributed by atoms with Crippen LogP contribution in [0.5, 0.6) is 0 Å². The Kier molecular flexibility index (Phi) is 4.81. The van der Waals surface area contributed by atoms with Crippen LogP contribution in [0.15, 0.2) is 42.5 Å². The van der Waals surface area contributed by atoms with E-state index in [0.717, 1.165) is 5.56 Å². The fraction of sp³-hybridized carbons (Fsp3) is 0.200. The van der Waals surface area contributed by atoms with Crippen LogP contribution < -0.4 is 5.32 Å². The highest BCUT2D eigenvalue weighted by Gasteiger charge is 2.15. The molecule has 0 saturated heterocycles. The fourth-order valence-electron chi connectivity index (χ4n) is 2.01. The van der Waals surface area contributed by atoms with Gasteiger partial charge in [-0.05, 0) is 43.3 Å². The van der Waals surface area contributed by atoms with Gasteiger partial charge in [0, 0.05) is 21.7 Å². The van der Waals surface area contributed by atoms with Gasteiger partial charge in [0.2, 0.25) is 0 Å². The lowest BCUT2D eigenvalue weighted by atomic mass is 9.98. The van der Waals surface area contributed by atoms with E-state index in [0.29, 0.717) is 22.0 Å². The molecular weight excluding hydrogens is 284 g/mol. The molecule has 1 unspecified atom stereocenters. The van der Waals surface area contributed by atoms with E-state index in [4.69, 9.17) is 23.2 Å². The highest BCUT2D eigenvalue weighted by molar-refractivity contribution is 6.31. The summed E-state index contributed by atoms with van der Waals surface area (Å²) in [7, 11) is 1.84. The molecule has 0 radical (unpaired) electrons. The first-order valence-electron chi connectivity index (χ1n) is 5.97. The summed E-state index contributed by atoms with van der Waals surface area (Å²) in [5.74, 6) is -0.276. The zero-order valence-corrected chi connectivity index (χ0v) is 12.0. The van der Waals surface area contributed by atoms with E-state index < -0.39 is 0 Å². The van der Waals surface area contributed by atoms with Gasteiger partial charge in [-0.25, -0.2) is 4.39 Å². The summed E-state index contributed by atoms with van der Waals surface area (Å²) in [6.07, 6.45) is 0.490. The number of hydrogen-bond donors (Lipinski definition) is 1. The molecule has 4 heteroatoms. The lowest BCUT2D eigenvalue weighted by molar-refractivity contribution is 0.554. The van der Waals surface area contributed by atoms with Crippen molar-refractivity contribution in [3.63, 3.8) is 0 Å². The molecule has 0 bridgehead atoms. The maximum absolute atomic E-state index is 13.8. The normalized spacial score (nSPS) is 12.4. The third-order valence-corrected chi connectivity index (χ3v) is 3.70. The average Bonchev–Trinajstić information content (AvgIpc) is 2.40. The Balaban J connectivity index is 2.26. The van der Waals surface area contributed by atoms with Crippen molar-refractivity contribution < 1.29 is 4.39 Å². The third-order valence-electron chi connectivity index (χ3n) is 3.09. The lowest BCUT2D eigenvalue weighted by Gasteiger charge is -2.18. The van der Waals surface area contributed by atoms with Gasteiger partial charge in [0.15, 0.2) is 0 Å². The van der Waals surface area contributed by atoms with Crippen molar-refractivity contribution in [1.82, 2.24) is 5.32 Å². The molecule has 2 rings (SSSR count). The Morgan fingerprint density at radius 2 is 1.79 bits per heavy atom. The first kappa shape index (κ1) is 14.3. The van der Waals surface area contributed by atoms with E-state index in [1.54, 1.807) is 12.1 Å². The largest absolute Gasteiger partial charge is 0.313 e. The minimum Gasteiger partial charge on any atom is -0.313 e. The zero-order chi connectivity index (χ0) is 13.8. The number of nitrogens with one attached hydrogen (secondary N) is 1. The molecule has 0 heterocycles. The van der Waals surface area contributed by atoms with Gasteiger partial charge in [-0.3, -0.25) is 0 Å². The predicted octanol–water partition coefficient (Wildman–Crippen LogP) is 4.64. The first-order chi connectivity index (χ1) is 9.11. The van der Waals surface area contributed by atoms with Crippen LogP contribution in [0.3, 0.4) is 0 Å². The molecule has 0 spiro atoms. The molecule has 2 aromatic carbocycles. The molecule has 1 nitrogen and oxygen atoms in total. The maximum atomic E-state index is 13.8. The summed E-state index contributed by atoms with van der Waals surface area (Å²) in [5.41, 5.74) is 1.57. The SMILES string of the molecule is CNC(Cc1c(F)cccc1Cl)c1ccc(Cl)cc1. The van der Waals surface area contributed by atoms with Crippen molar-refractivity contribution in [2.75, 3.05) is 7.05 Å². The highest BCUT2D eigenvalue weighted by atomic mass is 35.5. The smallest absolute Gasteiger partial charge is 0.127 e. The predicted molar refractivity (Wildman–Crippen MR) is 78.4 cm³/mol. The van der Waals surface area contributed by atoms with Crippen LogP contribution in [0.2, 0.25) is 10.0 Å². The van der Waals surface area contributed by atoms with E-state index in [-0.39, 0.29) is 11.9 Å². The van der Waals surface area contributed by atoms with Crippen molar-refractivity contribution >= 4 is 23.2 Å². The summed E-state index contributed by atoms with van der Waals surface area (Å²) < 4.78 is 13.8. The molecule has 0 aromatic heterocycles. The first-order valence-corrected chi connectivity index (χ1v) is 6.73. The van der Waals surface area contributed by atoms with Crippen LogP contribution in [0.4, 0.5) is 4.39 Å². The zero-order valence-electron chi connectivity index (χ0n) is 10.5. The van der Waals surface area contributed by atoms with Crippen LogP contribution in [-0.4, -0.2) is 7.05 Å². The van der Waals surface area contributed by atoms with Crippen LogP contribution >= 0.6 is 23.2 Å². The molecule has 1 N–H and O–H groups in total. The number of halogens is 3. The van der Waals surface area contributed by atoms with Crippen molar-refractivity contribution in [2.24, 2.45) is 0 Å². The van der Waals surface area contributed by atoms with Gasteiger partial charge in [-0.2, -0.15) is 0 Å². The maximum Gasteiger partial charge on any atom is 0.127 e. The molecule has 0 aliphatic heterocycles. The highest BCUT2D eigenvalue weighted by Crippen LogP contribution is 2.26.